The summed E-state index contributed by atoms with van der Waals surface area (Å²) in [5.41, 5.74) is 1.73. The highest BCUT2D eigenvalue weighted by atomic mass is 16.2. The molecule has 0 fully saturated rings. The zero-order valence-corrected chi connectivity index (χ0v) is 11.5. The van der Waals surface area contributed by atoms with Crippen molar-refractivity contribution in [3.05, 3.63) is 24.8 Å². The topological polar surface area (TPSA) is 68.3 Å². The van der Waals surface area contributed by atoms with Gasteiger partial charge in [-0.1, -0.05) is 25.5 Å². The molecule has 0 spiro atoms. The van der Waals surface area contributed by atoms with Crippen molar-refractivity contribution in [3.63, 3.8) is 0 Å². The van der Waals surface area contributed by atoms with Crippen LogP contribution < -0.4 is 0 Å². The van der Waals surface area contributed by atoms with Crippen molar-refractivity contribution in [2.24, 2.45) is 5.41 Å². The summed E-state index contributed by atoms with van der Waals surface area (Å²) in [6.07, 6.45) is 7.25. The molecule has 0 rings (SSSR count). The van der Waals surface area contributed by atoms with Gasteiger partial charge >= 0.3 is 12.3 Å². The smallest absolute Gasteiger partial charge is 0.186 e. The average Bonchev–Trinajstić information content (AvgIpc) is 2.30. The van der Waals surface area contributed by atoms with Gasteiger partial charge in [-0.05, 0) is 38.0 Å². The summed E-state index contributed by atoms with van der Waals surface area (Å²) in [4.78, 5) is 32.5. The van der Waals surface area contributed by atoms with Gasteiger partial charge in [0.2, 0.25) is 0 Å². The Hall–Kier alpha value is -1.76. The maximum absolute atomic E-state index is 8.12. The molecule has 0 saturated heterocycles. The van der Waals surface area contributed by atoms with Crippen molar-refractivity contribution in [1.82, 2.24) is 0 Å². The van der Waals surface area contributed by atoms with Crippen LogP contribution in [0.3, 0.4) is 0 Å². The summed E-state index contributed by atoms with van der Waals surface area (Å²) >= 11 is 0. The summed E-state index contributed by atoms with van der Waals surface area (Å²) in [6.45, 7) is 14.4. The lowest BCUT2D eigenvalue weighted by atomic mass is 9.75. The third kappa shape index (κ3) is 14.2. The van der Waals surface area contributed by atoms with Gasteiger partial charge in [0, 0.05) is 0 Å². The molecule has 0 bridgehead atoms. The van der Waals surface area contributed by atoms with E-state index >= 15 is 0 Å². The lowest BCUT2D eigenvalue weighted by molar-refractivity contribution is -0.193. The third-order valence-corrected chi connectivity index (χ3v) is 2.75. The molecule has 0 aliphatic heterocycles. The van der Waals surface area contributed by atoms with E-state index in [1.54, 1.807) is 0 Å². The first-order valence-electron chi connectivity index (χ1n) is 5.67. The van der Waals surface area contributed by atoms with Crippen LogP contribution in [0, 0.1) is 5.41 Å². The van der Waals surface area contributed by atoms with E-state index in [0.717, 1.165) is 12.8 Å². The van der Waals surface area contributed by atoms with Crippen LogP contribution in [0.5, 0.6) is 0 Å². The molecule has 4 heteroatoms. The maximum Gasteiger partial charge on any atom is 0.373 e. The van der Waals surface area contributed by atoms with Gasteiger partial charge in [-0.25, -0.2) is 0 Å². The quantitative estimate of drug-likeness (QED) is 0.683. The van der Waals surface area contributed by atoms with Gasteiger partial charge in [-0.3, -0.25) is 0 Å². The number of hydrogen-bond acceptors (Lipinski definition) is 4. The fourth-order valence-corrected chi connectivity index (χ4v) is 1.81. The highest BCUT2D eigenvalue weighted by Gasteiger charge is 2.23. The van der Waals surface area contributed by atoms with Crippen LogP contribution in [0.1, 0.15) is 46.5 Å². The molecule has 0 aromatic carbocycles. The fourth-order valence-electron chi connectivity index (χ4n) is 1.81. The Labute approximate surface area is 109 Å². The van der Waals surface area contributed by atoms with E-state index in [4.69, 9.17) is 19.2 Å². The van der Waals surface area contributed by atoms with Crippen molar-refractivity contribution in [2.75, 3.05) is 0 Å². The first-order valence-corrected chi connectivity index (χ1v) is 5.67. The monoisotopic (exact) mass is 254 g/mol. The number of rotatable bonds is 6. The Bertz CT molecular complexity index is 277. The van der Waals surface area contributed by atoms with E-state index in [-0.39, 0.29) is 12.3 Å². The summed E-state index contributed by atoms with van der Waals surface area (Å²) in [5, 5.41) is 0. The standard InChI is InChI=1S/C12H22.2CO2/c1-6-9-12(7-2,8-3)10-11(4)5;2*2-1-3/h6H,1,4,7-10H2,2-3,5H3;;. The molecule has 0 amide bonds. The number of hydrogen-bond donors (Lipinski definition) is 0. The third-order valence-electron chi connectivity index (χ3n) is 2.75. The molecule has 0 aliphatic rings. The SMILES string of the molecule is C=CCC(CC)(CC)CC(=C)C.O=C=O.O=C=O. The molecule has 0 radical (unpaired) electrons. The summed E-state index contributed by atoms with van der Waals surface area (Å²) in [6, 6.07) is 0. The first-order chi connectivity index (χ1) is 8.43. The Morgan fingerprint density at radius 1 is 1.11 bits per heavy atom. The zero-order valence-electron chi connectivity index (χ0n) is 11.5. The second-order valence-electron chi connectivity index (χ2n) is 4.00. The minimum Gasteiger partial charge on any atom is -0.186 e. The largest absolute Gasteiger partial charge is 0.373 e. The summed E-state index contributed by atoms with van der Waals surface area (Å²) in [5.74, 6) is 0. The number of carbonyl (C=O) groups excluding carboxylic acids is 4. The Morgan fingerprint density at radius 3 is 1.61 bits per heavy atom. The first kappa shape index (κ1) is 21.5. The molecular formula is C14H22O4. The lowest BCUT2D eigenvalue weighted by Crippen LogP contribution is -2.18. The van der Waals surface area contributed by atoms with Crippen molar-refractivity contribution in [2.45, 2.75) is 46.5 Å². The van der Waals surface area contributed by atoms with E-state index in [0.29, 0.717) is 5.41 Å². The molecule has 18 heavy (non-hydrogen) atoms. The minimum absolute atomic E-state index is 0.250. The number of allylic oxidation sites excluding steroid dienone is 2. The molecule has 4 nitrogen and oxygen atoms in total. The van der Waals surface area contributed by atoms with E-state index in [1.165, 1.54) is 18.4 Å². The Balaban J connectivity index is -0.000000315. The molecular weight excluding hydrogens is 232 g/mol. The van der Waals surface area contributed by atoms with Crippen LogP contribution in [0.15, 0.2) is 24.8 Å². The van der Waals surface area contributed by atoms with Crippen molar-refractivity contribution in [1.29, 1.82) is 0 Å². The van der Waals surface area contributed by atoms with Crippen molar-refractivity contribution in [3.8, 4) is 0 Å². The van der Waals surface area contributed by atoms with Crippen molar-refractivity contribution >= 4 is 12.3 Å². The summed E-state index contributed by atoms with van der Waals surface area (Å²) in [7, 11) is 0. The Kier molecular flexibility index (Phi) is 18.2. The second-order valence-corrected chi connectivity index (χ2v) is 4.00. The van der Waals surface area contributed by atoms with Crippen molar-refractivity contribution < 1.29 is 19.2 Å². The molecule has 0 atom stereocenters. The van der Waals surface area contributed by atoms with Crippen LogP contribution in [0.2, 0.25) is 0 Å². The second kappa shape index (κ2) is 15.2. The molecule has 0 aliphatic carbocycles. The van der Waals surface area contributed by atoms with Gasteiger partial charge < -0.3 is 0 Å². The molecule has 0 N–H and O–H groups in total. The van der Waals surface area contributed by atoms with Crippen LogP contribution in [0.4, 0.5) is 0 Å². The molecule has 0 aromatic heterocycles. The molecule has 0 unspecified atom stereocenters. The van der Waals surface area contributed by atoms with Gasteiger partial charge in [0.25, 0.3) is 0 Å². The van der Waals surface area contributed by atoms with Crippen LogP contribution in [-0.4, -0.2) is 12.3 Å². The zero-order chi connectivity index (χ0) is 15.0. The van der Waals surface area contributed by atoms with Crippen LogP contribution in [-0.2, 0) is 19.2 Å². The molecule has 0 saturated carbocycles. The molecule has 0 heterocycles. The van der Waals surface area contributed by atoms with E-state index in [1.807, 2.05) is 6.08 Å². The molecule has 0 aromatic rings. The Morgan fingerprint density at radius 2 is 1.44 bits per heavy atom. The van der Waals surface area contributed by atoms with Crippen LogP contribution >= 0.6 is 0 Å². The highest BCUT2D eigenvalue weighted by Crippen LogP contribution is 2.37. The van der Waals surface area contributed by atoms with Gasteiger partial charge in [0.05, 0.1) is 0 Å². The van der Waals surface area contributed by atoms with Gasteiger partial charge in [-0.2, -0.15) is 19.2 Å². The van der Waals surface area contributed by atoms with E-state index in [2.05, 4.69) is 33.9 Å². The maximum atomic E-state index is 8.12. The fraction of sp³-hybridized carbons (Fsp3) is 0.571. The normalized spacial score (nSPS) is 8.39. The summed E-state index contributed by atoms with van der Waals surface area (Å²) < 4.78 is 0. The highest BCUT2D eigenvalue weighted by molar-refractivity contribution is 5.20. The van der Waals surface area contributed by atoms with E-state index in [9.17, 15) is 0 Å². The predicted octanol–water partition coefficient (Wildman–Crippen LogP) is 3.17. The van der Waals surface area contributed by atoms with Crippen LogP contribution in [0.25, 0.3) is 0 Å². The minimum atomic E-state index is 0.250. The lowest BCUT2D eigenvalue weighted by Gasteiger charge is -2.30. The van der Waals surface area contributed by atoms with E-state index < -0.39 is 0 Å². The van der Waals surface area contributed by atoms with Gasteiger partial charge in [0.1, 0.15) is 0 Å². The van der Waals surface area contributed by atoms with Gasteiger partial charge in [0.15, 0.2) is 0 Å². The molecule has 102 valence electrons. The van der Waals surface area contributed by atoms with Gasteiger partial charge in [-0.15, -0.1) is 13.2 Å². The average molecular weight is 254 g/mol. The predicted molar refractivity (Wildman–Crippen MR) is 67.3 cm³/mol.